The van der Waals surface area contributed by atoms with Gasteiger partial charge in [0, 0.05) is 30.1 Å². The average Bonchev–Trinajstić information content (AvgIpc) is 3.10. The van der Waals surface area contributed by atoms with E-state index in [-0.39, 0.29) is 12.1 Å². The van der Waals surface area contributed by atoms with Crippen LogP contribution in [0.5, 0.6) is 0 Å². The van der Waals surface area contributed by atoms with Gasteiger partial charge in [-0.25, -0.2) is 4.98 Å². The van der Waals surface area contributed by atoms with Crippen LogP contribution in [-0.2, 0) is 4.74 Å². The van der Waals surface area contributed by atoms with Gasteiger partial charge in [0.15, 0.2) is 5.82 Å². The third-order valence-corrected chi connectivity index (χ3v) is 5.37. The third kappa shape index (κ3) is 2.80. The normalized spacial score (nSPS) is 24.5. The molecule has 3 heterocycles. The molecule has 2 aromatic heterocycles. The molecule has 22 heavy (non-hydrogen) atoms. The number of ether oxygens (including phenoxy) is 1. The summed E-state index contributed by atoms with van der Waals surface area (Å²) in [5, 5.41) is 7.24. The fraction of sp³-hybridized carbons (Fsp3) is 0.667. The minimum Gasteiger partial charge on any atom is -0.368 e. The number of hydrogen-bond acceptors (Lipinski definition) is 7. The standard InChI is InChI=1S/C15H20N4O2S/c1-9-8-22-15(16-9)12-7-19(5-6-20-12)10(2)14-17-13(18-21-14)11-3-4-11/h8,10-12H,3-7H2,1-2H3/t10-,12-/m1/s1. The molecule has 1 saturated carbocycles. The van der Waals surface area contributed by atoms with Gasteiger partial charge in [-0.05, 0) is 26.7 Å². The molecule has 7 heteroatoms. The molecule has 1 saturated heterocycles. The molecule has 2 aromatic rings. The van der Waals surface area contributed by atoms with Gasteiger partial charge in [-0.2, -0.15) is 4.98 Å². The van der Waals surface area contributed by atoms with Crippen LogP contribution >= 0.6 is 11.3 Å². The first-order valence-corrected chi connectivity index (χ1v) is 8.70. The Kier molecular flexibility index (Phi) is 3.71. The Morgan fingerprint density at radius 1 is 1.36 bits per heavy atom. The molecule has 1 aliphatic carbocycles. The zero-order valence-electron chi connectivity index (χ0n) is 12.9. The molecule has 6 nitrogen and oxygen atoms in total. The van der Waals surface area contributed by atoms with Crippen LogP contribution in [0.1, 0.15) is 60.2 Å². The molecule has 0 bridgehead atoms. The van der Waals surface area contributed by atoms with Crippen LogP contribution in [0.4, 0.5) is 0 Å². The maximum absolute atomic E-state index is 5.89. The summed E-state index contributed by atoms with van der Waals surface area (Å²) in [5.41, 5.74) is 1.06. The van der Waals surface area contributed by atoms with Crippen LogP contribution in [-0.4, -0.2) is 39.7 Å². The van der Waals surface area contributed by atoms with Crippen LogP contribution in [0, 0.1) is 6.92 Å². The summed E-state index contributed by atoms with van der Waals surface area (Å²) in [4.78, 5) is 11.5. The summed E-state index contributed by atoms with van der Waals surface area (Å²) in [7, 11) is 0. The Morgan fingerprint density at radius 3 is 2.95 bits per heavy atom. The van der Waals surface area contributed by atoms with Crippen LogP contribution in [0.15, 0.2) is 9.90 Å². The Balaban J connectivity index is 1.46. The van der Waals surface area contributed by atoms with Crippen molar-refractivity contribution in [1.82, 2.24) is 20.0 Å². The Labute approximate surface area is 133 Å². The largest absolute Gasteiger partial charge is 0.368 e. The highest BCUT2D eigenvalue weighted by Gasteiger charge is 2.33. The molecule has 0 aromatic carbocycles. The van der Waals surface area contributed by atoms with E-state index < -0.39 is 0 Å². The van der Waals surface area contributed by atoms with Gasteiger partial charge in [-0.3, -0.25) is 4.90 Å². The predicted molar refractivity (Wildman–Crippen MR) is 81.8 cm³/mol. The van der Waals surface area contributed by atoms with Crippen molar-refractivity contribution in [2.45, 2.75) is 44.8 Å². The molecule has 0 unspecified atom stereocenters. The van der Waals surface area contributed by atoms with Gasteiger partial charge in [0.05, 0.1) is 12.6 Å². The smallest absolute Gasteiger partial charge is 0.243 e. The van der Waals surface area contributed by atoms with Crippen LogP contribution in [0.25, 0.3) is 0 Å². The van der Waals surface area contributed by atoms with Crippen molar-refractivity contribution in [3.8, 4) is 0 Å². The molecule has 4 rings (SSSR count). The minimum atomic E-state index is 0.0423. The Morgan fingerprint density at radius 2 is 2.23 bits per heavy atom. The number of nitrogens with zero attached hydrogens (tertiary/aromatic N) is 4. The zero-order valence-corrected chi connectivity index (χ0v) is 13.7. The molecule has 0 amide bonds. The lowest BCUT2D eigenvalue weighted by molar-refractivity contribution is -0.0470. The van der Waals surface area contributed by atoms with Gasteiger partial charge >= 0.3 is 0 Å². The van der Waals surface area contributed by atoms with Gasteiger partial charge in [-0.1, -0.05) is 5.16 Å². The van der Waals surface area contributed by atoms with Crippen molar-refractivity contribution in [3.05, 3.63) is 27.8 Å². The summed E-state index contributed by atoms with van der Waals surface area (Å²) in [6, 6.07) is 0.118. The average molecular weight is 320 g/mol. The number of hydrogen-bond donors (Lipinski definition) is 0. The summed E-state index contributed by atoms with van der Waals surface area (Å²) < 4.78 is 11.4. The van der Waals surface area contributed by atoms with Gasteiger partial charge in [0.1, 0.15) is 11.1 Å². The second-order valence-corrected chi connectivity index (χ2v) is 7.01. The molecule has 2 fully saturated rings. The number of morpholine rings is 1. The first-order valence-electron chi connectivity index (χ1n) is 7.82. The molecular weight excluding hydrogens is 300 g/mol. The van der Waals surface area contributed by atoms with Gasteiger partial charge < -0.3 is 9.26 Å². The zero-order chi connectivity index (χ0) is 15.1. The minimum absolute atomic E-state index is 0.0423. The van der Waals surface area contributed by atoms with Crippen molar-refractivity contribution in [1.29, 1.82) is 0 Å². The first-order chi connectivity index (χ1) is 10.7. The van der Waals surface area contributed by atoms with Gasteiger partial charge in [-0.15, -0.1) is 11.3 Å². The maximum atomic E-state index is 5.89. The molecule has 2 atom stereocenters. The van der Waals surface area contributed by atoms with Gasteiger partial charge in [0.2, 0.25) is 5.89 Å². The SMILES string of the molecule is Cc1csc([C@H]2CN([C@H](C)c3nc(C4CC4)no3)CCO2)n1. The molecule has 0 spiro atoms. The number of aromatic nitrogens is 3. The van der Waals surface area contributed by atoms with Crippen molar-refractivity contribution >= 4 is 11.3 Å². The lowest BCUT2D eigenvalue weighted by atomic mass is 10.2. The van der Waals surface area contributed by atoms with E-state index in [1.165, 1.54) is 12.8 Å². The highest BCUT2D eigenvalue weighted by Crippen LogP contribution is 2.39. The predicted octanol–water partition coefficient (Wildman–Crippen LogP) is 2.85. The Hall–Kier alpha value is -1.31. The fourth-order valence-corrected chi connectivity index (χ4v) is 3.61. The molecule has 0 N–H and O–H groups in total. The number of rotatable bonds is 4. The van der Waals surface area contributed by atoms with E-state index in [1.807, 2.05) is 6.92 Å². The van der Waals surface area contributed by atoms with E-state index in [0.717, 1.165) is 35.5 Å². The Bertz CT molecular complexity index is 652. The van der Waals surface area contributed by atoms with E-state index in [9.17, 15) is 0 Å². The second kappa shape index (κ2) is 5.72. The van der Waals surface area contributed by atoms with E-state index in [2.05, 4.69) is 32.3 Å². The number of thiazole rings is 1. The third-order valence-electron chi connectivity index (χ3n) is 4.32. The second-order valence-electron chi connectivity index (χ2n) is 6.12. The molecule has 0 radical (unpaired) electrons. The monoisotopic (exact) mass is 320 g/mol. The van der Waals surface area contributed by atoms with E-state index >= 15 is 0 Å². The van der Waals surface area contributed by atoms with Crippen LogP contribution in [0.2, 0.25) is 0 Å². The highest BCUT2D eigenvalue weighted by molar-refractivity contribution is 7.09. The molecular formula is C15H20N4O2S. The van der Waals surface area contributed by atoms with Crippen molar-refractivity contribution in [3.63, 3.8) is 0 Å². The lowest BCUT2D eigenvalue weighted by Crippen LogP contribution is -2.40. The maximum Gasteiger partial charge on any atom is 0.243 e. The number of aryl methyl sites for hydroxylation is 1. The summed E-state index contributed by atoms with van der Waals surface area (Å²) in [6.07, 6.45) is 2.42. The van der Waals surface area contributed by atoms with Crippen molar-refractivity contribution < 1.29 is 9.26 Å². The van der Waals surface area contributed by atoms with Crippen molar-refractivity contribution in [2.75, 3.05) is 19.7 Å². The van der Waals surface area contributed by atoms with Gasteiger partial charge in [0.25, 0.3) is 0 Å². The molecule has 1 aliphatic heterocycles. The quantitative estimate of drug-likeness (QED) is 0.863. The lowest BCUT2D eigenvalue weighted by Gasteiger charge is -2.34. The summed E-state index contributed by atoms with van der Waals surface area (Å²) in [6.45, 7) is 6.54. The van der Waals surface area contributed by atoms with Crippen LogP contribution in [0.3, 0.4) is 0 Å². The molecule has 118 valence electrons. The fourth-order valence-electron chi connectivity index (χ4n) is 2.77. The van der Waals surface area contributed by atoms with E-state index in [4.69, 9.17) is 9.26 Å². The van der Waals surface area contributed by atoms with E-state index in [0.29, 0.717) is 12.5 Å². The van der Waals surface area contributed by atoms with Crippen molar-refractivity contribution in [2.24, 2.45) is 0 Å². The summed E-state index contributed by atoms with van der Waals surface area (Å²) in [5.74, 6) is 2.13. The topological polar surface area (TPSA) is 64.3 Å². The van der Waals surface area contributed by atoms with Crippen LogP contribution < -0.4 is 0 Å². The molecule has 2 aliphatic rings. The first kappa shape index (κ1) is 14.3. The van der Waals surface area contributed by atoms with E-state index in [1.54, 1.807) is 11.3 Å². The summed E-state index contributed by atoms with van der Waals surface area (Å²) >= 11 is 1.67. The highest BCUT2D eigenvalue weighted by atomic mass is 32.1.